The number of carbonyl (C=O) groups is 2. The maximum atomic E-state index is 12.6. The number of aryl methyl sites for hydroxylation is 2. The number of oxazole rings is 1. The third-order valence-corrected chi connectivity index (χ3v) is 6.06. The van der Waals surface area contributed by atoms with Crippen molar-refractivity contribution in [2.24, 2.45) is 14.1 Å². The van der Waals surface area contributed by atoms with Gasteiger partial charge in [0, 0.05) is 43.4 Å². The van der Waals surface area contributed by atoms with Gasteiger partial charge in [0.1, 0.15) is 17.4 Å². The van der Waals surface area contributed by atoms with Crippen LogP contribution in [0.2, 0.25) is 0 Å². The molecule has 1 amide bonds. The molecule has 0 atom stereocenters. The van der Waals surface area contributed by atoms with Gasteiger partial charge in [-0.25, -0.2) is 19.4 Å². The molecule has 4 heterocycles. The lowest BCUT2D eigenvalue weighted by atomic mass is 10.2. The summed E-state index contributed by atoms with van der Waals surface area (Å²) in [7, 11) is 3.30. The van der Waals surface area contributed by atoms with Crippen molar-refractivity contribution in [1.29, 1.82) is 0 Å². The minimum absolute atomic E-state index is 0.144. The average molecular weight is 534 g/mol. The Bertz CT molecular complexity index is 1590. The number of rotatable bonds is 5. The number of hydrogen-bond donors (Lipinski definition) is 2. The fourth-order valence-corrected chi connectivity index (χ4v) is 4.23. The lowest BCUT2D eigenvalue weighted by molar-refractivity contribution is 0.0947. The maximum absolute atomic E-state index is 12.6. The number of halogens is 2. The average Bonchev–Trinajstić information content (AvgIpc) is 3.56. The first-order chi connectivity index (χ1) is 16.8. The molecule has 0 aliphatic heterocycles. The molecule has 4 aromatic heterocycles. The lowest BCUT2D eigenvalue weighted by Crippen LogP contribution is -2.24. The normalized spacial score (nSPS) is 10.7. The molecule has 0 fully saturated rings. The number of aromatic nitrogens is 5. The molecular weight excluding hydrogens is 517 g/mol. The number of benzene rings is 1. The summed E-state index contributed by atoms with van der Waals surface area (Å²) in [6.45, 7) is 0.243. The molecule has 0 radical (unpaired) electrons. The van der Waals surface area contributed by atoms with E-state index in [0.29, 0.717) is 33.5 Å². The maximum Gasteiger partial charge on any atom is 0.419 e. The SMILES string of the molecule is Cn1nc2c(C(=O)NCc3ccc4oc(=O)n(C)c4c3)ncnc2c1NCl.O=C(Cl)c1ccsc1. The molecule has 0 spiro atoms. The van der Waals surface area contributed by atoms with Gasteiger partial charge in [0.15, 0.2) is 17.1 Å². The predicted octanol–water partition coefficient (Wildman–Crippen LogP) is 3.43. The minimum atomic E-state index is -0.437. The number of fused-ring (bicyclic) bond motifs is 2. The molecule has 1 aromatic carbocycles. The van der Waals surface area contributed by atoms with Crippen LogP contribution in [0.4, 0.5) is 5.82 Å². The summed E-state index contributed by atoms with van der Waals surface area (Å²) in [5.74, 6) is -0.370. The van der Waals surface area contributed by atoms with E-state index in [0.717, 1.165) is 5.56 Å². The lowest BCUT2D eigenvalue weighted by Gasteiger charge is -2.05. The molecule has 0 aliphatic rings. The molecule has 5 rings (SSSR count). The number of thiophene rings is 1. The Morgan fingerprint density at radius 1 is 1.17 bits per heavy atom. The van der Waals surface area contributed by atoms with Crippen LogP contribution in [-0.2, 0) is 20.6 Å². The summed E-state index contributed by atoms with van der Waals surface area (Å²) < 4.78 is 7.99. The topological polar surface area (TPSA) is 137 Å². The summed E-state index contributed by atoms with van der Waals surface area (Å²) >= 11 is 12.3. The van der Waals surface area contributed by atoms with Crippen molar-refractivity contribution in [2.45, 2.75) is 6.54 Å². The van der Waals surface area contributed by atoms with Crippen molar-refractivity contribution < 1.29 is 14.0 Å². The molecule has 5 aromatic rings. The molecule has 0 saturated carbocycles. The summed E-state index contributed by atoms with van der Waals surface area (Å²) in [4.78, 5) is 45.1. The first-order valence-corrected chi connectivity index (χ1v) is 11.6. The van der Waals surface area contributed by atoms with Crippen LogP contribution in [0, 0.1) is 0 Å². The minimum Gasteiger partial charge on any atom is -0.408 e. The van der Waals surface area contributed by atoms with Crippen molar-refractivity contribution in [3.05, 3.63) is 68.7 Å². The van der Waals surface area contributed by atoms with E-state index in [-0.39, 0.29) is 17.5 Å². The molecule has 0 aliphatic carbocycles. The number of nitrogens with zero attached hydrogens (tertiary/aromatic N) is 5. The van der Waals surface area contributed by atoms with E-state index < -0.39 is 11.7 Å². The second-order valence-corrected chi connectivity index (χ2v) is 8.50. The summed E-state index contributed by atoms with van der Waals surface area (Å²) in [5, 5.41) is 10.2. The van der Waals surface area contributed by atoms with Crippen LogP contribution >= 0.6 is 34.7 Å². The Morgan fingerprint density at radius 3 is 2.63 bits per heavy atom. The molecule has 180 valence electrons. The molecule has 14 heteroatoms. The van der Waals surface area contributed by atoms with Crippen molar-refractivity contribution in [3.8, 4) is 0 Å². The van der Waals surface area contributed by atoms with E-state index in [2.05, 4.69) is 25.2 Å². The van der Waals surface area contributed by atoms with Crippen LogP contribution in [-0.4, -0.2) is 35.5 Å². The van der Waals surface area contributed by atoms with E-state index in [1.165, 1.54) is 26.9 Å². The van der Waals surface area contributed by atoms with Crippen LogP contribution in [0.3, 0.4) is 0 Å². The van der Waals surface area contributed by atoms with Crippen molar-refractivity contribution >= 4 is 73.8 Å². The third kappa shape index (κ3) is 5.04. The fourth-order valence-electron chi connectivity index (χ4n) is 3.20. The predicted molar refractivity (Wildman–Crippen MR) is 133 cm³/mol. The van der Waals surface area contributed by atoms with Crippen molar-refractivity contribution in [2.75, 3.05) is 4.84 Å². The van der Waals surface area contributed by atoms with Gasteiger partial charge < -0.3 is 9.73 Å². The number of amides is 1. The molecule has 11 nitrogen and oxygen atoms in total. The Kier molecular flexibility index (Phi) is 7.15. The Hall–Kier alpha value is -3.74. The van der Waals surface area contributed by atoms with Gasteiger partial charge in [-0.1, -0.05) is 6.07 Å². The van der Waals surface area contributed by atoms with Gasteiger partial charge in [-0.05, 0) is 40.7 Å². The highest BCUT2D eigenvalue weighted by atomic mass is 35.5. The van der Waals surface area contributed by atoms with Crippen LogP contribution in [0.5, 0.6) is 0 Å². The van der Waals surface area contributed by atoms with Crippen LogP contribution in [0.1, 0.15) is 26.4 Å². The Morgan fingerprint density at radius 2 is 1.97 bits per heavy atom. The zero-order valence-electron chi connectivity index (χ0n) is 18.3. The highest BCUT2D eigenvalue weighted by Crippen LogP contribution is 2.22. The van der Waals surface area contributed by atoms with E-state index in [9.17, 15) is 14.4 Å². The highest BCUT2D eigenvalue weighted by Gasteiger charge is 2.19. The molecule has 0 bridgehead atoms. The third-order valence-electron chi connectivity index (χ3n) is 4.98. The highest BCUT2D eigenvalue weighted by molar-refractivity contribution is 7.08. The van der Waals surface area contributed by atoms with Crippen LogP contribution in [0.25, 0.3) is 22.1 Å². The van der Waals surface area contributed by atoms with E-state index in [4.69, 9.17) is 27.8 Å². The number of anilines is 1. The van der Waals surface area contributed by atoms with E-state index in [1.807, 2.05) is 5.38 Å². The quantitative estimate of drug-likeness (QED) is 0.259. The van der Waals surface area contributed by atoms with Crippen molar-refractivity contribution in [3.63, 3.8) is 0 Å². The Labute approximate surface area is 211 Å². The van der Waals surface area contributed by atoms with Crippen LogP contribution < -0.4 is 15.9 Å². The second kappa shape index (κ2) is 10.3. The van der Waals surface area contributed by atoms with Gasteiger partial charge in [0.2, 0.25) is 0 Å². The largest absolute Gasteiger partial charge is 0.419 e. The molecule has 35 heavy (non-hydrogen) atoms. The molecule has 0 unspecified atom stereocenters. The van der Waals surface area contributed by atoms with Crippen LogP contribution in [0.15, 0.2) is 50.6 Å². The first kappa shape index (κ1) is 24.4. The summed E-state index contributed by atoms with van der Waals surface area (Å²) in [6, 6.07) is 6.95. The van der Waals surface area contributed by atoms with E-state index in [1.54, 1.807) is 43.7 Å². The fraction of sp³-hybridized carbons (Fsp3) is 0.143. The van der Waals surface area contributed by atoms with Gasteiger partial charge >= 0.3 is 5.76 Å². The van der Waals surface area contributed by atoms with Gasteiger partial charge in [-0.15, -0.1) is 0 Å². The summed E-state index contributed by atoms with van der Waals surface area (Å²) in [6.07, 6.45) is 1.28. The monoisotopic (exact) mass is 533 g/mol. The number of carbonyl (C=O) groups excluding carboxylic acids is 2. The Balaban J connectivity index is 0.000000308. The molecular formula is C21H17Cl2N7O4S. The zero-order chi connectivity index (χ0) is 25.1. The zero-order valence-corrected chi connectivity index (χ0v) is 20.6. The van der Waals surface area contributed by atoms with Crippen molar-refractivity contribution in [1.82, 2.24) is 29.6 Å². The standard InChI is InChI=1S/C16H14ClN7O3.C5H3ClOS/c1-23-9-5-8(3-4-10(9)27-16(23)26)6-18-15(25)13-11-12(19-7-20-13)14(21-17)24(2)22-11;6-5(7)4-1-2-8-3-4/h3-5,7,21H,6H2,1-2H3,(H,18,25);1-3H. The summed E-state index contributed by atoms with van der Waals surface area (Å²) in [5.41, 5.74) is 3.46. The van der Waals surface area contributed by atoms with Gasteiger partial charge in [-0.2, -0.15) is 16.4 Å². The van der Waals surface area contributed by atoms with Gasteiger partial charge in [0.25, 0.3) is 11.1 Å². The van der Waals surface area contributed by atoms with Gasteiger partial charge in [0.05, 0.1) is 5.52 Å². The number of nitrogens with one attached hydrogen (secondary N) is 2. The first-order valence-electron chi connectivity index (χ1n) is 9.93. The van der Waals surface area contributed by atoms with E-state index >= 15 is 0 Å². The number of hydrogen-bond acceptors (Lipinski definition) is 9. The molecule has 0 saturated heterocycles. The molecule has 2 N–H and O–H groups in total. The van der Waals surface area contributed by atoms with Gasteiger partial charge in [-0.3, -0.25) is 19.0 Å². The second-order valence-electron chi connectivity index (χ2n) is 7.18. The smallest absolute Gasteiger partial charge is 0.408 e.